The third kappa shape index (κ3) is 6.62. The van der Waals surface area contributed by atoms with Crippen LogP contribution in [0, 0.1) is 17.8 Å². The van der Waals surface area contributed by atoms with Crippen LogP contribution in [0.2, 0.25) is 18.1 Å². The molecule has 24 heavy (non-hydrogen) atoms. The highest BCUT2D eigenvalue weighted by molar-refractivity contribution is 6.74. The Morgan fingerprint density at radius 3 is 2.04 bits per heavy atom. The predicted molar refractivity (Wildman–Crippen MR) is 107 cm³/mol. The summed E-state index contributed by atoms with van der Waals surface area (Å²) in [6, 6.07) is 0. The Balaban J connectivity index is 5.39. The zero-order valence-electron chi connectivity index (χ0n) is 17.7. The molecule has 0 saturated carbocycles. The first kappa shape index (κ1) is 23.8. The summed E-state index contributed by atoms with van der Waals surface area (Å²) in [5.74, 6) is 0.451. The van der Waals surface area contributed by atoms with Gasteiger partial charge in [-0.05, 0) is 31.0 Å². The highest BCUT2D eigenvalue weighted by Gasteiger charge is 2.42. The molecule has 0 radical (unpaired) electrons. The Labute approximate surface area is 151 Å². The Morgan fingerprint density at radius 2 is 1.67 bits per heavy atom. The number of aliphatic hydroxyl groups excluding tert-OH is 2. The maximum atomic E-state index is 10.9. The summed E-state index contributed by atoms with van der Waals surface area (Å²) in [4.78, 5) is 0. The summed E-state index contributed by atoms with van der Waals surface area (Å²) >= 11 is 0. The number of hydrogen-bond acceptors (Lipinski definition) is 3. The highest BCUT2D eigenvalue weighted by Crippen LogP contribution is 2.40. The first-order valence-electron chi connectivity index (χ1n) is 9.42. The molecule has 0 saturated heterocycles. The summed E-state index contributed by atoms with van der Waals surface area (Å²) in [6.45, 7) is 21.8. The molecule has 2 N–H and O–H groups in total. The van der Waals surface area contributed by atoms with Gasteiger partial charge in [0.25, 0.3) is 0 Å². The molecule has 4 heteroatoms. The van der Waals surface area contributed by atoms with Crippen molar-refractivity contribution in [3.05, 3.63) is 11.6 Å². The van der Waals surface area contributed by atoms with E-state index in [9.17, 15) is 10.2 Å². The van der Waals surface area contributed by atoms with Gasteiger partial charge in [-0.25, -0.2) is 0 Å². The third-order valence-electron chi connectivity index (χ3n) is 5.83. The van der Waals surface area contributed by atoms with Crippen LogP contribution >= 0.6 is 0 Å². The fourth-order valence-corrected chi connectivity index (χ4v) is 4.25. The quantitative estimate of drug-likeness (QED) is 0.451. The van der Waals surface area contributed by atoms with Crippen molar-refractivity contribution in [3.8, 4) is 0 Å². The smallest absolute Gasteiger partial charge is 0.192 e. The summed E-state index contributed by atoms with van der Waals surface area (Å²) in [6.07, 6.45) is 2.59. The summed E-state index contributed by atoms with van der Waals surface area (Å²) in [5, 5.41) is 20.2. The van der Waals surface area contributed by atoms with Crippen LogP contribution < -0.4 is 0 Å². The topological polar surface area (TPSA) is 49.7 Å². The molecule has 0 unspecified atom stereocenters. The molecular weight excluding hydrogens is 316 g/mol. The van der Waals surface area contributed by atoms with E-state index in [4.69, 9.17) is 4.43 Å². The first-order chi connectivity index (χ1) is 10.8. The van der Waals surface area contributed by atoms with Crippen LogP contribution in [-0.4, -0.2) is 37.3 Å². The maximum absolute atomic E-state index is 10.9. The van der Waals surface area contributed by atoms with Gasteiger partial charge in [0.05, 0.1) is 18.8 Å². The summed E-state index contributed by atoms with van der Waals surface area (Å²) in [7, 11) is -1.90. The highest BCUT2D eigenvalue weighted by atomic mass is 28.4. The summed E-state index contributed by atoms with van der Waals surface area (Å²) in [5.41, 5.74) is 0.902. The van der Waals surface area contributed by atoms with Crippen LogP contribution in [0.1, 0.15) is 61.8 Å². The molecule has 0 rings (SSSR count). The van der Waals surface area contributed by atoms with Crippen molar-refractivity contribution in [3.63, 3.8) is 0 Å². The minimum atomic E-state index is -1.90. The van der Waals surface area contributed by atoms with Crippen LogP contribution in [0.3, 0.4) is 0 Å². The van der Waals surface area contributed by atoms with Gasteiger partial charge in [0.2, 0.25) is 0 Å². The molecule has 0 aromatic heterocycles. The fraction of sp³-hybridized carbons (Fsp3) is 0.900. The maximum Gasteiger partial charge on any atom is 0.192 e. The van der Waals surface area contributed by atoms with Crippen LogP contribution in [0.15, 0.2) is 11.6 Å². The Morgan fingerprint density at radius 1 is 1.17 bits per heavy atom. The molecule has 5 atom stereocenters. The van der Waals surface area contributed by atoms with Crippen molar-refractivity contribution < 1.29 is 14.6 Å². The van der Waals surface area contributed by atoms with Crippen LogP contribution in [0.5, 0.6) is 0 Å². The Kier molecular flexibility index (Phi) is 9.45. The van der Waals surface area contributed by atoms with E-state index in [1.165, 1.54) is 0 Å². The van der Waals surface area contributed by atoms with Gasteiger partial charge in [-0.15, -0.1) is 0 Å². The van der Waals surface area contributed by atoms with Crippen LogP contribution in [0.4, 0.5) is 0 Å². The number of hydrogen-bond donors (Lipinski definition) is 2. The number of aliphatic hydroxyl groups is 2. The molecule has 0 fully saturated rings. The molecule has 0 aliphatic carbocycles. The van der Waals surface area contributed by atoms with Gasteiger partial charge in [0.1, 0.15) is 0 Å². The van der Waals surface area contributed by atoms with E-state index < -0.39 is 14.4 Å². The second-order valence-corrected chi connectivity index (χ2v) is 13.9. The lowest BCUT2D eigenvalue weighted by Crippen LogP contribution is -2.49. The minimum Gasteiger partial charge on any atom is -0.413 e. The van der Waals surface area contributed by atoms with Crippen molar-refractivity contribution in [1.82, 2.24) is 0 Å². The molecule has 0 heterocycles. The van der Waals surface area contributed by atoms with Crippen LogP contribution in [-0.2, 0) is 4.43 Å². The zero-order valence-corrected chi connectivity index (χ0v) is 18.7. The standard InChI is InChI=1S/C20H42O3Si/c1-11-15(3)19(23-24(9,10)20(6,7)8)17(5)18(22)16(4)12-14(2)13-21/h12,15-19,21-22H,11,13H2,1-10H3/b14-12+/t15-,16+,17+,18+,19+/m0/s1. The van der Waals surface area contributed by atoms with Crippen molar-refractivity contribution >= 4 is 8.32 Å². The third-order valence-corrected chi connectivity index (χ3v) is 10.3. The molecule has 0 aromatic carbocycles. The van der Waals surface area contributed by atoms with E-state index in [-0.39, 0.29) is 29.6 Å². The molecule has 0 amide bonds. The second kappa shape index (κ2) is 9.51. The molecule has 144 valence electrons. The molecule has 0 bridgehead atoms. The average molecular weight is 359 g/mol. The van der Waals surface area contributed by atoms with Crippen molar-refractivity contribution in [1.29, 1.82) is 0 Å². The van der Waals surface area contributed by atoms with Crippen molar-refractivity contribution in [2.24, 2.45) is 17.8 Å². The second-order valence-electron chi connectivity index (χ2n) is 9.11. The fourth-order valence-electron chi connectivity index (χ4n) is 2.76. The van der Waals surface area contributed by atoms with E-state index >= 15 is 0 Å². The Hall–Kier alpha value is -0.163. The van der Waals surface area contributed by atoms with Crippen molar-refractivity contribution in [2.45, 2.75) is 92.2 Å². The molecule has 0 aliphatic heterocycles. The van der Waals surface area contributed by atoms with Gasteiger partial charge in [0, 0.05) is 11.8 Å². The van der Waals surface area contributed by atoms with Gasteiger partial charge in [0.15, 0.2) is 8.32 Å². The van der Waals surface area contributed by atoms with Gasteiger partial charge >= 0.3 is 0 Å². The van der Waals surface area contributed by atoms with E-state index in [1.54, 1.807) is 0 Å². The SMILES string of the molecule is CC[C@H](C)[C@@H](O[Si](C)(C)C(C)(C)C)[C@H](C)[C@H](O)[C@H](C)/C=C(\C)CO. The van der Waals surface area contributed by atoms with E-state index in [0.717, 1.165) is 12.0 Å². The summed E-state index contributed by atoms with van der Waals surface area (Å²) < 4.78 is 6.73. The molecule has 3 nitrogen and oxygen atoms in total. The average Bonchev–Trinajstić information content (AvgIpc) is 2.48. The van der Waals surface area contributed by atoms with Gasteiger partial charge in [-0.3, -0.25) is 0 Å². The first-order valence-corrected chi connectivity index (χ1v) is 12.3. The predicted octanol–water partition coefficient (Wildman–Crippen LogP) is 4.99. The van der Waals surface area contributed by atoms with Gasteiger partial charge in [-0.2, -0.15) is 0 Å². The van der Waals surface area contributed by atoms with E-state index in [1.807, 2.05) is 19.9 Å². The zero-order chi connectivity index (χ0) is 19.3. The molecule has 0 aromatic rings. The van der Waals surface area contributed by atoms with Crippen molar-refractivity contribution in [2.75, 3.05) is 6.61 Å². The molecular formula is C20H42O3Si. The largest absolute Gasteiger partial charge is 0.413 e. The van der Waals surface area contributed by atoms with Gasteiger partial charge < -0.3 is 14.6 Å². The lowest BCUT2D eigenvalue weighted by atomic mass is 9.83. The normalized spacial score (nSPS) is 20.4. The monoisotopic (exact) mass is 358 g/mol. The molecule has 0 spiro atoms. The minimum absolute atomic E-state index is 0.00159. The Bertz CT molecular complexity index is 398. The van der Waals surface area contributed by atoms with Gasteiger partial charge in [-0.1, -0.05) is 66.5 Å². The lowest BCUT2D eigenvalue weighted by molar-refractivity contribution is -0.0142. The number of rotatable bonds is 9. The lowest BCUT2D eigenvalue weighted by Gasteiger charge is -2.44. The molecule has 0 aliphatic rings. The van der Waals surface area contributed by atoms with E-state index in [0.29, 0.717) is 5.92 Å². The van der Waals surface area contributed by atoms with E-state index in [2.05, 4.69) is 54.6 Å². The van der Waals surface area contributed by atoms with Crippen LogP contribution in [0.25, 0.3) is 0 Å².